The van der Waals surface area contributed by atoms with Crippen LogP contribution in [0.1, 0.15) is 37.6 Å². The van der Waals surface area contributed by atoms with Gasteiger partial charge in [0.05, 0.1) is 11.9 Å². The maximum atomic E-state index is 14.0. The Kier molecular flexibility index (Phi) is 4.61. The van der Waals surface area contributed by atoms with Crippen molar-refractivity contribution in [1.29, 1.82) is 0 Å². The van der Waals surface area contributed by atoms with Crippen molar-refractivity contribution < 1.29 is 4.39 Å². The quantitative estimate of drug-likeness (QED) is 0.742. The molecule has 0 spiro atoms. The van der Waals surface area contributed by atoms with E-state index in [1.165, 1.54) is 10.6 Å². The predicted octanol–water partition coefficient (Wildman–Crippen LogP) is 3.25. The van der Waals surface area contributed by atoms with Crippen LogP contribution in [0.25, 0.3) is 11.2 Å². The molecule has 4 rings (SSSR count). The van der Waals surface area contributed by atoms with Gasteiger partial charge < -0.3 is 10.6 Å². The van der Waals surface area contributed by atoms with Crippen molar-refractivity contribution in [3.05, 3.63) is 59.6 Å². The maximum Gasteiger partial charge on any atom is 0.222 e. The van der Waals surface area contributed by atoms with Crippen LogP contribution < -0.4 is 10.6 Å². The monoisotopic (exact) mass is 366 g/mol. The highest BCUT2D eigenvalue weighted by Gasteiger charge is 2.19. The van der Waals surface area contributed by atoms with Crippen molar-refractivity contribution in [1.82, 2.24) is 24.7 Å². The summed E-state index contributed by atoms with van der Waals surface area (Å²) in [6.45, 7) is 7.85. The lowest BCUT2D eigenvalue weighted by atomic mass is 9.98. The Bertz CT molecular complexity index is 1010. The number of hydrogen-bond donors (Lipinski definition) is 2. The summed E-state index contributed by atoms with van der Waals surface area (Å²) in [5.41, 5.74) is 4.37. The highest BCUT2D eigenvalue weighted by molar-refractivity contribution is 5.81. The Hall–Kier alpha value is -2.80. The van der Waals surface area contributed by atoms with Gasteiger partial charge in [0, 0.05) is 37.1 Å². The van der Waals surface area contributed by atoms with Gasteiger partial charge in [-0.3, -0.25) is 4.40 Å². The van der Waals surface area contributed by atoms with Gasteiger partial charge in [0.25, 0.3) is 0 Å². The fourth-order valence-corrected chi connectivity index (χ4v) is 3.18. The fourth-order valence-electron chi connectivity index (χ4n) is 3.18. The zero-order valence-electron chi connectivity index (χ0n) is 15.7. The third kappa shape index (κ3) is 3.55. The summed E-state index contributed by atoms with van der Waals surface area (Å²) >= 11 is 0. The van der Waals surface area contributed by atoms with Crippen LogP contribution in [0.3, 0.4) is 0 Å². The summed E-state index contributed by atoms with van der Waals surface area (Å²) in [5.74, 6) is 0.768. The van der Waals surface area contributed by atoms with Crippen molar-refractivity contribution in [2.45, 2.75) is 33.4 Å². The molecular formula is C20H23FN6. The van der Waals surface area contributed by atoms with Crippen LogP contribution in [0.2, 0.25) is 0 Å². The van der Waals surface area contributed by atoms with Crippen molar-refractivity contribution in [2.75, 3.05) is 11.9 Å². The maximum absolute atomic E-state index is 14.0. The van der Waals surface area contributed by atoms with Gasteiger partial charge in [-0.25, -0.2) is 15.0 Å². The van der Waals surface area contributed by atoms with Crippen LogP contribution in [0.5, 0.6) is 0 Å². The summed E-state index contributed by atoms with van der Waals surface area (Å²) in [6.07, 6.45) is 6.99. The Balaban J connectivity index is 1.76. The van der Waals surface area contributed by atoms with Crippen LogP contribution in [0.15, 0.2) is 36.8 Å². The molecule has 3 aromatic rings. The number of nitrogens with zero attached hydrogens (tertiary/aromatic N) is 4. The largest absolute Gasteiger partial charge is 0.354 e. The average Bonchev–Trinajstić information content (AvgIpc) is 2.94. The van der Waals surface area contributed by atoms with Gasteiger partial charge in [0.2, 0.25) is 11.9 Å². The van der Waals surface area contributed by atoms with E-state index >= 15 is 0 Å². The van der Waals surface area contributed by atoms with Gasteiger partial charge in [-0.1, -0.05) is 19.9 Å². The number of nitrogens with one attached hydrogen (secondary N) is 2. The van der Waals surface area contributed by atoms with E-state index < -0.39 is 0 Å². The van der Waals surface area contributed by atoms with Crippen LogP contribution in [0.4, 0.5) is 10.3 Å². The minimum absolute atomic E-state index is 0.157. The fraction of sp³-hybridized carbons (Fsp3) is 0.350. The van der Waals surface area contributed by atoms with Gasteiger partial charge in [-0.05, 0) is 36.1 Å². The van der Waals surface area contributed by atoms with Gasteiger partial charge in [0.1, 0.15) is 5.65 Å². The van der Waals surface area contributed by atoms with Crippen LogP contribution in [-0.4, -0.2) is 31.9 Å². The van der Waals surface area contributed by atoms with E-state index in [9.17, 15) is 4.39 Å². The van der Waals surface area contributed by atoms with Crippen molar-refractivity contribution >= 4 is 17.2 Å². The summed E-state index contributed by atoms with van der Waals surface area (Å²) in [6, 6.07) is 3.94. The molecule has 1 aliphatic rings. The SMILES string of the molecule is CC(C)CNc1ncc2c(n1)CN[C@H](C)C=C2c1ccc2ncc(F)n2c1. The minimum Gasteiger partial charge on any atom is -0.354 e. The van der Waals surface area contributed by atoms with E-state index in [2.05, 4.69) is 47.4 Å². The highest BCUT2D eigenvalue weighted by Crippen LogP contribution is 2.29. The molecule has 0 aliphatic carbocycles. The first kappa shape index (κ1) is 17.6. The summed E-state index contributed by atoms with van der Waals surface area (Å²) in [4.78, 5) is 13.3. The van der Waals surface area contributed by atoms with E-state index in [1.54, 1.807) is 6.20 Å². The third-order valence-electron chi connectivity index (χ3n) is 4.61. The number of hydrogen-bond acceptors (Lipinski definition) is 5. The van der Waals surface area contributed by atoms with Crippen molar-refractivity contribution in [3.8, 4) is 0 Å². The van der Waals surface area contributed by atoms with Crippen LogP contribution >= 0.6 is 0 Å². The second-order valence-corrected chi connectivity index (χ2v) is 7.31. The van der Waals surface area contributed by atoms with Gasteiger partial charge in [0.15, 0.2) is 0 Å². The zero-order chi connectivity index (χ0) is 19.0. The second kappa shape index (κ2) is 7.08. The number of fused-ring (bicyclic) bond motifs is 2. The summed E-state index contributed by atoms with van der Waals surface area (Å²) in [7, 11) is 0. The van der Waals surface area contributed by atoms with Crippen molar-refractivity contribution in [3.63, 3.8) is 0 Å². The van der Waals surface area contributed by atoms with Gasteiger partial charge in [-0.15, -0.1) is 0 Å². The van der Waals surface area contributed by atoms with Crippen molar-refractivity contribution in [2.24, 2.45) is 5.92 Å². The van der Waals surface area contributed by atoms with E-state index in [0.29, 0.717) is 24.1 Å². The van der Waals surface area contributed by atoms with Gasteiger partial charge in [-0.2, -0.15) is 4.39 Å². The third-order valence-corrected chi connectivity index (χ3v) is 4.61. The van der Waals surface area contributed by atoms with E-state index in [0.717, 1.165) is 28.9 Å². The molecule has 7 heteroatoms. The number of anilines is 1. The van der Waals surface area contributed by atoms with Gasteiger partial charge >= 0.3 is 0 Å². The lowest BCUT2D eigenvalue weighted by molar-refractivity contribution is 0.573. The standard InChI is InChI=1S/C20H23FN6/c1-12(2)7-24-20-25-8-16-15(6-13(3)22-9-17(16)26-20)14-4-5-19-23-10-18(21)27(19)11-14/h4-6,8,10-13,22H,7,9H2,1-3H3,(H,24,25,26)/t13-/m1/s1. The lowest BCUT2D eigenvalue weighted by Gasteiger charge is -2.13. The molecule has 3 aromatic heterocycles. The zero-order valence-corrected chi connectivity index (χ0v) is 15.7. The summed E-state index contributed by atoms with van der Waals surface area (Å²) in [5, 5.41) is 6.73. The number of pyridine rings is 1. The lowest BCUT2D eigenvalue weighted by Crippen LogP contribution is -2.23. The molecule has 0 saturated carbocycles. The molecule has 1 aliphatic heterocycles. The highest BCUT2D eigenvalue weighted by atomic mass is 19.1. The van der Waals surface area contributed by atoms with Crippen LogP contribution in [-0.2, 0) is 6.54 Å². The molecule has 4 heterocycles. The molecule has 0 fully saturated rings. The number of halogens is 1. The first-order chi connectivity index (χ1) is 13.0. The molecule has 2 N–H and O–H groups in total. The van der Waals surface area contributed by atoms with E-state index in [4.69, 9.17) is 4.98 Å². The molecule has 0 unspecified atom stereocenters. The molecule has 27 heavy (non-hydrogen) atoms. The molecule has 0 saturated heterocycles. The molecule has 1 atom stereocenters. The smallest absolute Gasteiger partial charge is 0.222 e. The predicted molar refractivity (Wildman–Crippen MR) is 104 cm³/mol. The number of rotatable bonds is 4. The molecule has 6 nitrogen and oxygen atoms in total. The second-order valence-electron chi connectivity index (χ2n) is 7.31. The molecular weight excluding hydrogens is 343 g/mol. The Morgan fingerprint density at radius 3 is 2.96 bits per heavy atom. The summed E-state index contributed by atoms with van der Waals surface area (Å²) < 4.78 is 15.4. The first-order valence-corrected chi connectivity index (χ1v) is 9.19. The normalized spacial score (nSPS) is 16.9. The minimum atomic E-state index is -0.378. The molecule has 0 aromatic carbocycles. The molecule has 140 valence electrons. The molecule has 0 bridgehead atoms. The Morgan fingerprint density at radius 2 is 2.15 bits per heavy atom. The molecule has 0 radical (unpaired) electrons. The van der Waals surface area contributed by atoms with Crippen LogP contribution in [0, 0.1) is 11.9 Å². The molecule has 0 amide bonds. The Morgan fingerprint density at radius 1 is 1.30 bits per heavy atom. The number of imidazole rings is 1. The number of aromatic nitrogens is 4. The van der Waals surface area contributed by atoms with E-state index in [1.807, 2.05) is 18.3 Å². The van der Waals surface area contributed by atoms with E-state index in [-0.39, 0.29) is 12.0 Å². The topological polar surface area (TPSA) is 67.1 Å². The average molecular weight is 366 g/mol. The Labute approximate surface area is 157 Å². The first-order valence-electron chi connectivity index (χ1n) is 9.19.